The second-order valence-electron chi connectivity index (χ2n) is 28.8. The summed E-state index contributed by atoms with van der Waals surface area (Å²) in [6, 6.07) is -6.97. The van der Waals surface area contributed by atoms with E-state index >= 15 is 14.4 Å². The van der Waals surface area contributed by atoms with Crippen molar-refractivity contribution in [2.75, 3.05) is 48.8 Å². The first kappa shape index (κ1) is 83.1. The van der Waals surface area contributed by atoms with Crippen molar-refractivity contribution < 1.29 is 67.7 Å². The molecule has 1 fully saturated rings. The van der Waals surface area contributed by atoms with Crippen molar-refractivity contribution in [3.05, 3.63) is 35.7 Å². The molecular formula is C69H117N11O14. The summed E-state index contributed by atoms with van der Waals surface area (Å²) >= 11 is 0. The molecule has 0 spiro atoms. The number of pyridine rings is 1. The quantitative estimate of drug-likeness (QED) is 0.112. The number of allylic oxidation sites excluding steroid dienone is 1. The SMILES string of the molecule is Cc1cccc(/C=C/C[C@@H](C)[C@@H](O)[C@H]2C(=O)N[C@@H]([C@@H](C)O)C(=O)N(C)CC(=O)N(C)[C@@H](CC(C)C)C(=O)N[C@@H](CC(C)C)C(=O)N(C)[C@@H](CC(C)C)C(=O)N[C@@H](C)C(=O)O[C@H](C(C)C)C(=O)N(C)[C@H](CC(C)C)C(=O)N[C@@H](CC(C)C)C(=O)N(C)[C@@H](C(C)C)C(=O)N2C)n1. The Morgan fingerprint density at radius 3 is 1.39 bits per heavy atom. The van der Waals surface area contributed by atoms with Crippen LogP contribution in [0, 0.1) is 54.3 Å². The highest BCUT2D eigenvalue weighted by Gasteiger charge is 2.46. The van der Waals surface area contributed by atoms with Gasteiger partial charge in [-0.05, 0) is 125 Å². The van der Waals surface area contributed by atoms with Gasteiger partial charge in [0.05, 0.1) is 24.4 Å². The molecule has 2 rings (SSSR count). The van der Waals surface area contributed by atoms with E-state index in [1.165, 1.54) is 70.8 Å². The van der Waals surface area contributed by atoms with E-state index in [9.17, 15) is 48.6 Å². The van der Waals surface area contributed by atoms with E-state index in [4.69, 9.17) is 4.74 Å². The van der Waals surface area contributed by atoms with Crippen LogP contribution < -0.4 is 21.3 Å². The minimum absolute atomic E-state index is 0.0671. The van der Waals surface area contributed by atoms with Crippen molar-refractivity contribution >= 4 is 71.1 Å². The van der Waals surface area contributed by atoms with Crippen molar-refractivity contribution in [1.82, 2.24) is 55.7 Å². The number of nitrogens with zero attached hydrogens (tertiary/aromatic N) is 7. The summed E-state index contributed by atoms with van der Waals surface area (Å²) in [6.07, 6.45) is -0.636. The standard InChI is InChI=1S/C69H117N11O14/c1-37(2)31-49-64(88)77(21)52(34-40(7)8)60(84)71-46(17)69(93)94-59(43(13)14)68(92)78(22)53(35-41(9)10)62(86)73-50(32-38(3)4)65(89)79(23)56(42(11)12)67(91)80(24)57(58(83)44(15)27-25-29-48-30-26-28-45(16)70-48)63(87)74-55(47(18)81)66(90)75(19)36-54(82)76(20)51(33-39(5)6)61(85)72-49/h25-26,28-30,37-44,46-47,49-53,55-59,81,83H,27,31-36H2,1-24H3,(H,71,84)(H,72,85)(H,73,86)(H,74,87)/b29-25+/t44-,46+,47-,49+,50+,51+,52+,53-,55+,56+,57+,58-,59-/m1/s1. The highest BCUT2D eigenvalue weighted by molar-refractivity contribution is 5.99. The van der Waals surface area contributed by atoms with Gasteiger partial charge in [-0.3, -0.25) is 52.9 Å². The van der Waals surface area contributed by atoms with Gasteiger partial charge in [-0.25, -0.2) is 4.79 Å². The molecule has 0 aromatic carbocycles. The fourth-order valence-electron chi connectivity index (χ4n) is 11.5. The molecule has 25 heteroatoms. The van der Waals surface area contributed by atoms with Crippen LogP contribution in [0.4, 0.5) is 0 Å². The lowest BCUT2D eigenvalue weighted by Gasteiger charge is -2.40. The van der Waals surface area contributed by atoms with Crippen molar-refractivity contribution in [1.29, 1.82) is 0 Å². The average molecular weight is 1320 g/mol. The van der Waals surface area contributed by atoms with E-state index in [0.717, 1.165) is 20.4 Å². The third-order valence-electron chi connectivity index (χ3n) is 17.0. The molecule has 1 saturated heterocycles. The highest BCUT2D eigenvalue weighted by atomic mass is 16.6. The molecule has 2 heterocycles. The smallest absolute Gasteiger partial charge is 0.329 e. The summed E-state index contributed by atoms with van der Waals surface area (Å²) in [4.78, 5) is 173. The molecule has 1 aromatic rings. The Morgan fingerprint density at radius 2 is 0.957 bits per heavy atom. The summed E-state index contributed by atoms with van der Waals surface area (Å²) in [6.45, 7) is 30.5. The number of aromatic nitrogens is 1. The van der Waals surface area contributed by atoms with Gasteiger partial charge in [0.25, 0.3) is 5.91 Å². The lowest BCUT2D eigenvalue weighted by molar-refractivity contribution is -0.166. The lowest BCUT2D eigenvalue weighted by Crippen LogP contribution is -2.64. The highest BCUT2D eigenvalue weighted by Crippen LogP contribution is 2.25. The Bertz CT molecular complexity index is 2770. The number of aliphatic hydroxyl groups excluding tert-OH is 2. The first-order valence-corrected chi connectivity index (χ1v) is 33.4. The molecule has 0 bridgehead atoms. The number of rotatable bonds is 18. The van der Waals surface area contributed by atoms with Gasteiger partial charge in [-0.15, -0.1) is 0 Å². The third-order valence-corrected chi connectivity index (χ3v) is 17.0. The number of esters is 1. The van der Waals surface area contributed by atoms with E-state index in [1.807, 2.05) is 88.3 Å². The number of aliphatic hydroxyl groups is 2. The first-order chi connectivity index (χ1) is 43.5. The molecule has 1 aliphatic rings. The van der Waals surface area contributed by atoms with Gasteiger partial charge in [0, 0.05) is 48.0 Å². The van der Waals surface area contributed by atoms with Crippen LogP contribution in [0.3, 0.4) is 0 Å². The largest absolute Gasteiger partial charge is 0.450 e. The van der Waals surface area contributed by atoms with E-state index in [0.29, 0.717) is 5.69 Å². The van der Waals surface area contributed by atoms with Gasteiger partial charge in [0.1, 0.15) is 54.4 Å². The fraction of sp³-hybridized carbons (Fsp3) is 0.739. The number of ether oxygens (including phenoxy) is 1. The van der Waals surface area contributed by atoms with Gasteiger partial charge in [0.15, 0.2) is 6.10 Å². The molecule has 0 saturated carbocycles. The molecule has 13 atom stereocenters. The van der Waals surface area contributed by atoms with Crippen molar-refractivity contribution in [3.8, 4) is 0 Å². The predicted octanol–water partition coefficient (Wildman–Crippen LogP) is 4.19. The van der Waals surface area contributed by atoms with E-state index < -0.39 is 162 Å². The zero-order valence-electron chi connectivity index (χ0n) is 60.8. The Morgan fingerprint density at radius 1 is 0.521 bits per heavy atom. The van der Waals surface area contributed by atoms with Crippen LogP contribution in [0.5, 0.6) is 0 Å². The van der Waals surface area contributed by atoms with Gasteiger partial charge in [-0.1, -0.05) is 116 Å². The number of likely N-dealkylation sites (N-methyl/N-ethyl adjacent to an activating group) is 6. The summed E-state index contributed by atoms with van der Waals surface area (Å²) in [5, 5.41) is 34.7. The molecule has 0 radical (unpaired) electrons. The van der Waals surface area contributed by atoms with Crippen LogP contribution in [0.1, 0.15) is 168 Å². The topological polar surface area (TPSA) is 318 Å². The molecule has 6 N–H and O–H groups in total. The van der Waals surface area contributed by atoms with Crippen LogP contribution >= 0.6 is 0 Å². The van der Waals surface area contributed by atoms with E-state index in [1.54, 1.807) is 52.8 Å². The van der Waals surface area contributed by atoms with Crippen LogP contribution in [0.2, 0.25) is 0 Å². The van der Waals surface area contributed by atoms with E-state index in [-0.39, 0.29) is 68.1 Å². The van der Waals surface area contributed by atoms with Crippen molar-refractivity contribution in [2.24, 2.45) is 47.3 Å². The zero-order valence-corrected chi connectivity index (χ0v) is 60.8. The van der Waals surface area contributed by atoms with Crippen LogP contribution in [0.25, 0.3) is 6.08 Å². The Labute approximate surface area is 560 Å². The molecule has 25 nitrogen and oxygen atoms in total. The zero-order chi connectivity index (χ0) is 72.2. The Kier molecular flexibility index (Phi) is 33.5. The Hall–Kier alpha value is -7.02. The summed E-state index contributed by atoms with van der Waals surface area (Å²) in [5.74, 6) is -11.9. The number of amides is 10. The molecule has 0 unspecified atom stereocenters. The van der Waals surface area contributed by atoms with Crippen LogP contribution in [-0.4, -0.2) is 231 Å². The molecule has 94 heavy (non-hydrogen) atoms. The molecule has 1 aromatic heterocycles. The molecular weight excluding hydrogens is 1210 g/mol. The van der Waals surface area contributed by atoms with Gasteiger partial charge >= 0.3 is 5.97 Å². The normalized spacial score (nSPS) is 25.7. The number of carbonyl (C=O) groups excluding carboxylic acids is 11. The number of nitrogens with one attached hydrogen (secondary N) is 4. The minimum atomic E-state index is -1.80. The lowest BCUT2D eigenvalue weighted by atomic mass is 9.91. The molecule has 0 aliphatic carbocycles. The maximum atomic E-state index is 15.3. The maximum absolute atomic E-state index is 15.3. The third kappa shape index (κ3) is 24.3. The number of hydrogen-bond donors (Lipinski definition) is 6. The fourth-order valence-corrected chi connectivity index (χ4v) is 11.5. The summed E-state index contributed by atoms with van der Waals surface area (Å²) < 4.78 is 5.91. The second-order valence-corrected chi connectivity index (χ2v) is 28.8. The summed E-state index contributed by atoms with van der Waals surface area (Å²) in [5.41, 5.74) is 1.40. The Balaban J connectivity index is 3.05. The van der Waals surface area contributed by atoms with Gasteiger partial charge in [-0.2, -0.15) is 0 Å². The van der Waals surface area contributed by atoms with E-state index in [2.05, 4.69) is 26.3 Å². The number of cyclic esters (lactones) is 1. The van der Waals surface area contributed by atoms with Crippen LogP contribution in [0.15, 0.2) is 24.3 Å². The predicted molar refractivity (Wildman–Crippen MR) is 360 cm³/mol. The van der Waals surface area contributed by atoms with Crippen LogP contribution in [-0.2, 0) is 57.5 Å². The second kappa shape index (κ2) is 37.9. The van der Waals surface area contributed by atoms with Crippen molar-refractivity contribution in [2.45, 2.75) is 236 Å². The maximum Gasteiger partial charge on any atom is 0.329 e. The minimum Gasteiger partial charge on any atom is -0.450 e. The number of hydrogen-bond acceptors (Lipinski definition) is 15. The first-order valence-electron chi connectivity index (χ1n) is 33.4. The summed E-state index contributed by atoms with van der Waals surface area (Å²) in [7, 11) is 8.11. The monoisotopic (exact) mass is 1320 g/mol. The molecule has 10 amide bonds. The number of aryl methyl sites for hydroxylation is 1. The van der Waals surface area contributed by atoms with Crippen molar-refractivity contribution in [3.63, 3.8) is 0 Å². The van der Waals surface area contributed by atoms with Gasteiger partial charge < -0.3 is 65.6 Å². The molecule has 532 valence electrons. The number of carbonyl (C=O) groups is 11. The average Bonchev–Trinajstić information content (AvgIpc) is 0.812. The molecule has 1 aliphatic heterocycles. The van der Waals surface area contributed by atoms with Gasteiger partial charge in [0.2, 0.25) is 53.2 Å².